The van der Waals surface area contributed by atoms with Crippen LogP contribution in [-0.4, -0.2) is 39.3 Å². The summed E-state index contributed by atoms with van der Waals surface area (Å²) in [5.74, 6) is -1.27. The first-order valence-corrected chi connectivity index (χ1v) is 8.78. The van der Waals surface area contributed by atoms with E-state index in [4.69, 9.17) is 16.6 Å². The van der Waals surface area contributed by atoms with E-state index in [0.717, 1.165) is 19.3 Å². The summed E-state index contributed by atoms with van der Waals surface area (Å²) < 4.78 is 0. The third-order valence-electron chi connectivity index (χ3n) is 4.93. The molecule has 2 aliphatic rings. The number of benzene rings is 1. The van der Waals surface area contributed by atoms with Crippen LogP contribution in [0.25, 0.3) is 0 Å². The van der Waals surface area contributed by atoms with E-state index in [1.807, 2.05) is 0 Å². The van der Waals surface area contributed by atoms with Gasteiger partial charge in [-0.1, -0.05) is 37.1 Å². The van der Waals surface area contributed by atoms with Crippen molar-refractivity contribution < 1.29 is 14.7 Å². The van der Waals surface area contributed by atoms with Crippen molar-refractivity contribution >= 4 is 29.2 Å². The standard InChI is InChI=1S/C18H21ClN2O3/c1-2-14(17(23)24)21-16(22)15(12-7-6-8-13(19)11-12)20-18(21)9-4-3-5-10-18/h6-8,11,14H,2-5,9-10H2,1H3,(H,23,24). The first-order valence-electron chi connectivity index (χ1n) is 8.41. The molecule has 3 rings (SSSR count). The van der Waals surface area contributed by atoms with Crippen LogP contribution in [0.3, 0.4) is 0 Å². The largest absolute Gasteiger partial charge is 0.480 e. The Balaban J connectivity index is 2.07. The van der Waals surface area contributed by atoms with Gasteiger partial charge in [0.2, 0.25) is 0 Å². The van der Waals surface area contributed by atoms with Gasteiger partial charge in [0.1, 0.15) is 17.4 Å². The molecule has 1 aromatic carbocycles. The lowest BCUT2D eigenvalue weighted by molar-refractivity contribution is -0.153. The number of hydrogen-bond acceptors (Lipinski definition) is 3. The Kier molecular flexibility index (Phi) is 4.63. The Morgan fingerprint density at radius 3 is 2.67 bits per heavy atom. The second-order valence-electron chi connectivity index (χ2n) is 6.45. The number of aliphatic carboxylic acids is 1. The zero-order valence-corrected chi connectivity index (χ0v) is 14.4. The fraction of sp³-hybridized carbons (Fsp3) is 0.500. The van der Waals surface area contributed by atoms with Gasteiger partial charge in [-0.3, -0.25) is 14.7 Å². The predicted molar refractivity (Wildman–Crippen MR) is 92.4 cm³/mol. The third kappa shape index (κ3) is 2.81. The molecule has 1 unspecified atom stereocenters. The number of rotatable bonds is 4. The Morgan fingerprint density at radius 2 is 2.08 bits per heavy atom. The summed E-state index contributed by atoms with van der Waals surface area (Å²) in [5, 5.41) is 10.1. The van der Waals surface area contributed by atoms with Crippen molar-refractivity contribution in [1.82, 2.24) is 4.90 Å². The fourth-order valence-electron chi connectivity index (χ4n) is 3.81. The number of amides is 1. The van der Waals surface area contributed by atoms with Crippen LogP contribution in [0.4, 0.5) is 0 Å². The van der Waals surface area contributed by atoms with E-state index in [-0.39, 0.29) is 5.91 Å². The number of halogens is 1. The lowest BCUT2D eigenvalue weighted by Crippen LogP contribution is -2.55. The minimum absolute atomic E-state index is 0.298. The van der Waals surface area contributed by atoms with Crippen LogP contribution < -0.4 is 0 Å². The number of carbonyl (C=O) groups excluding carboxylic acids is 1. The summed E-state index contributed by atoms with van der Waals surface area (Å²) in [6, 6.07) is 6.17. The van der Waals surface area contributed by atoms with Gasteiger partial charge < -0.3 is 5.11 Å². The third-order valence-corrected chi connectivity index (χ3v) is 5.16. The minimum atomic E-state index is -0.974. The van der Waals surface area contributed by atoms with Crippen molar-refractivity contribution in [3.8, 4) is 0 Å². The van der Waals surface area contributed by atoms with Gasteiger partial charge in [-0.05, 0) is 44.2 Å². The van der Waals surface area contributed by atoms with E-state index in [9.17, 15) is 14.7 Å². The summed E-state index contributed by atoms with van der Waals surface area (Å²) in [7, 11) is 0. The molecule has 1 saturated carbocycles. The molecule has 0 saturated heterocycles. The van der Waals surface area contributed by atoms with Crippen LogP contribution in [0.2, 0.25) is 5.02 Å². The Hall–Kier alpha value is -1.88. The average molecular weight is 349 g/mol. The number of carboxylic acid groups (broad SMARTS) is 1. The highest BCUT2D eigenvalue weighted by atomic mass is 35.5. The van der Waals surface area contributed by atoms with Gasteiger partial charge in [-0.2, -0.15) is 0 Å². The highest BCUT2D eigenvalue weighted by molar-refractivity contribution is 6.47. The Labute approximate surface area is 146 Å². The van der Waals surface area contributed by atoms with Gasteiger partial charge in [0.15, 0.2) is 0 Å². The second kappa shape index (κ2) is 6.55. The summed E-state index contributed by atoms with van der Waals surface area (Å²) >= 11 is 6.05. The number of aliphatic imine (C=N–C) groups is 1. The Bertz CT molecular complexity index is 695. The van der Waals surface area contributed by atoms with Crippen LogP contribution >= 0.6 is 11.6 Å². The Morgan fingerprint density at radius 1 is 1.38 bits per heavy atom. The lowest BCUT2D eigenvalue weighted by atomic mass is 9.87. The van der Waals surface area contributed by atoms with Gasteiger partial charge in [0.05, 0.1) is 0 Å². The van der Waals surface area contributed by atoms with Crippen LogP contribution in [0.5, 0.6) is 0 Å². The molecule has 5 nitrogen and oxygen atoms in total. The molecule has 1 atom stereocenters. The first kappa shape index (κ1) is 17.0. The molecular formula is C18H21ClN2O3. The first-order chi connectivity index (χ1) is 11.5. The molecular weight excluding hydrogens is 328 g/mol. The maximum absolute atomic E-state index is 13.1. The highest BCUT2D eigenvalue weighted by Crippen LogP contribution is 2.41. The van der Waals surface area contributed by atoms with Crippen LogP contribution in [0.15, 0.2) is 29.3 Å². The molecule has 0 aromatic heterocycles. The molecule has 1 aromatic rings. The van der Waals surface area contributed by atoms with Crippen LogP contribution in [0.1, 0.15) is 51.0 Å². The molecule has 0 radical (unpaired) electrons. The zero-order valence-electron chi connectivity index (χ0n) is 13.7. The topological polar surface area (TPSA) is 70.0 Å². The average Bonchev–Trinajstić information content (AvgIpc) is 2.82. The maximum atomic E-state index is 13.1. The highest BCUT2D eigenvalue weighted by Gasteiger charge is 2.51. The molecule has 0 bridgehead atoms. The monoisotopic (exact) mass is 348 g/mol. The normalized spacial score (nSPS) is 21.0. The SMILES string of the molecule is CCC(C(=O)O)N1C(=O)C(c2cccc(Cl)c2)=NC12CCCCC2. The van der Waals surface area contributed by atoms with Crippen molar-refractivity contribution in [1.29, 1.82) is 0 Å². The number of nitrogens with zero attached hydrogens (tertiary/aromatic N) is 2. The predicted octanol–water partition coefficient (Wildman–Crippen LogP) is 3.49. The molecule has 1 amide bonds. The molecule has 1 fully saturated rings. The maximum Gasteiger partial charge on any atom is 0.326 e. The van der Waals surface area contributed by atoms with Crippen molar-refractivity contribution in [2.45, 2.75) is 57.2 Å². The fourth-order valence-corrected chi connectivity index (χ4v) is 4.00. The minimum Gasteiger partial charge on any atom is -0.480 e. The smallest absolute Gasteiger partial charge is 0.326 e. The zero-order chi connectivity index (χ0) is 17.3. The van der Waals surface area contributed by atoms with E-state index < -0.39 is 17.7 Å². The summed E-state index contributed by atoms with van der Waals surface area (Å²) in [5.41, 5.74) is 0.269. The number of carboxylic acids is 1. The second-order valence-corrected chi connectivity index (χ2v) is 6.89. The molecule has 1 N–H and O–H groups in total. The van der Waals surface area contributed by atoms with Crippen LogP contribution in [0, 0.1) is 0 Å². The van der Waals surface area contributed by atoms with E-state index in [1.54, 1.807) is 31.2 Å². The van der Waals surface area contributed by atoms with Crippen molar-refractivity contribution in [2.75, 3.05) is 0 Å². The van der Waals surface area contributed by atoms with Crippen LogP contribution in [-0.2, 0) is 9.59 Å². The van der Waals surface area contributed by atoms with E-state index in [0.29, 0.717) is 35.6 Å². The summed E-state index contributed by atoms with van der Waals surface area (Å²) in [4.78, 5) is 31.1. The molecule has 1 aliphatic carbocycles. The molecule has 1 heterocycles. The summed E-state index contributed by atoms with van der Waals surface area (Å²) in [6.07, 6.45) is 4.79. The van der Waals surface area contributed by atoms with Gasteiger partial charge in [0, 0.05) is 10.6 Å². The molecule has 24 heavy (non-hydrogen) atoms. The van der Waals surface area contributed by atoms with Gasteiger partial charge in [-0.25, -0.2) is 4.79 Å². The van der Waals surface area contributed by atoms with Gasteiger partial charge >= 0.3 is 5.97 Å². The van der Waals surface area contributed by atoms with E-state index in [1.165, 1.54) is 4.90 Å². The molecule has 1 spiro atoms. The number of hydrogen-bond donors (Lipinski definition) is 1. The van der Waals surface area contributed by atoms with Crippen molar-refractivity contribution in [2.24, 2.45) is 4.99 Å². The molecule has 6 heteroatoms. The molecule has 1 aliphatic heterocycles. The van der Waals surface area contributed by atoms with Gasteiger partial charge in [0.25, 0.3) is 5.91 Å². The van der Waals surface area contributed by atoms with Crippen molar-refractivity contribution in [3.63, 3.8) is 0 Å². The lowest BCUT2D eigenvalue weighted by Gasteiger charge is -2.41. The molecule has 128 valence electrons. The van der Waals surface area contributed by atoms with Gasteiger partial charge in [-0.15, -0.1) is 0 Å². The van der Waals surface area contributed by atoms with E-state index >= 15 is 0 Å². The quantitative estimate of drug-likeness (QED) is 0.905. The number of carbonyl (C=O) groups is 2. The summed E-state index contributed by atoms with van der Waals surface area (Å²) in [6.45, 7) is 1.79. The van der Waals surface area contributed by atoms with Crippen molar-refractivity contribution in [3.05, 3.63) is 34.9 Å². The van der Waals surface area contributed by atoms with E-state index in [2.05, 4.69) is 0 Å².